The predicted octanol–water partition coefficient (Wildman–Crippen LogP) is 5.47. The van der Waals surface area contributed by atoms with Crippen LogP contribution in [0.4, 0.5) is 23.2 Å². The lowest BCUT2D eigenvalue weighted by atomic mass is 9.97. The van der Waals surface area contributed by atoms with Gasteiger partial charge in [0.15, 0.2) is 0 Å². The number of halogens is 4. The third-order valence-corrected chi connectivity index (χ3v) is 6.74. The Morgan fingerprint density at radius 2 is 1.88 bits per heavy atom. The molecule has 0 bridgehead atoms. The molecule has 0 radical (unpaired) electrons. The van der Waals surface area contributed by atoms with Gasteiger partial charge in [0.05, 0.1) is 23.5 Å². The molecule has 0 aliphatic heterocycles. The van der Waals surface area contributed by atoms with Gasteiger partial charge in [-0.3, -0.25) is 9.78 Å². The van der Waals surface area contributed by atoms with Gasteiger partial charge in [-0.25, -0.2) is 9.37 Å². The average Bonchev–Trinajstić information content (AvgIpc) is 3.27. The van der Waals surface area contributed by atoms with Crippen molar-refractivity contribution in [1.29, 1.82) is 0 Å². The second-order valence-electron chi connectivity index (χ2n) is 8.79. The molecule has 3 unspecified atom stereocenters. The van der Waals surface area contributed by atoms with Gasteiger partial charge in [-0.15, -0.1) is 0 Å². The number of carbonyl (C=O) groups is 1. The quantitative estimate of drug-likeness (QED) is 0.515. The van der Waals surface area contributed by atoms with Crippen LogP contribution in [0.15, 0.2) is 48.8 Å². The molecule has 2 saturated carbocycles. The Hall–Kier alpha value is -3.23. The Bertz CT molecular complexity index is 1190. The molecule has 1 aromatic carbocycles. The Labute approximate surface area is 187 Å². The van der Waals surface area contributed by atoms with Crippen LogP contribution in [0.2, 0.25) is 0 Å². The smallest absolute Gasteiger partial charge is 0.433 e. The van der Waals surface area contributed by atoms with E-state index in [9.17, 15) is 22.4 Å². The van der Waals surface area contributed by atoms with Crippen molar-refractivity contribution in [1.82, 2.24) is 9.97 Å². The van der Waals surface area contributed by atoms with Crippen LogP contribution >= 0.6 is 0 Å². The summed E-state index contributed by atoms with van der Waals surface area (Å²) in [5.74, 6) is 0.653. The summed E-state index contributed by atoms with van der Waals surface area (Å²) >= 11 is 0. The molecule has 1 N–H and O–H groups in total. The molecule has 5 nitrogen and oxygen atoms in total. The first-order valence-electron chi connectivity index (χ1n) is 10.8. The fraction of sp³-hybridized carbons (Fsp3) is 0.375. The molecule has 0 spiro atoms. The number of carbonyl (C=O) groups excluding carboxylic acids is 1. The Morgan fingerprint density at radius 3 is 2.55 bits per heavy atom. The molecular weight excluding hydrogens is 438 g/mol. The summed E-state index contributed by atoms with van der Waals surface area (Å²) in [5.41, 5.74) is -0.0947. The summed E-state index contributed by atoms with van der Waals surface area (Å²) in [6.45, 7) is 1.84. The summed E-state index contributed by atoms with van der Waals surface area (Å²) in [6, 6.07) is 8.19. The molecule has 3 aromatic rings. The van der Waals surface area contributed by atoms with E-state index in [1.165, 1.54) is 18.2 Å². The van der Waals surface area contributed by atoms with Gasteiger partial charge in [0.2, 0.25) is 5.91 Å². The number of aromatic nitrogens is 2. The third-order valence-electron chi connectivity index (χ3n) is 6.74. The highest BCUT2D eigenvalue weighted by Crippen LogP contribution is 2.61. The number of fused-ring (bicyclic) bond motifs is 2. The van der Waals surface area contributed by atoms with Crippen LogP contribution in [0, 0.1) is 29.5 Å². The maximum Gasteiger partial charge on any atom is 0.433 e. The number of rotatable bonds is 5. The van der Waals surface area contributed by atoms with Crippen molar-refractivity contribution in [3.8, 4) is 5.75 Å². The number of alkyl halides is 3. The molecule has 9 heteroatoms. The zero-order chi connectivity index (χ0) is 23.3. The van der Waals surface area contributed by atoms with Crippen molar-refractivity contribution in [3.63, 3.8) is 0 Å². The van der Waals surface area contributed by atoms with Gasteiger partial charge in [0.25, 0.3) is 0 Å². The number of amides is 1. The lowest BCUT2D eigenvalue weighted by Gasteiger charge is -2.20. The molecule has 1 amide bonds. The second-order valence-corrected chi connectivity index (χ2v) is 8.79. The van der Waals surface area contributed by atoms with Gasteiger partial charge in [0, 0.05) is 17.5 Å². The summed E-state index contributed by atoms with van der Waals surface area (Å²) in [6.07, 6.45) is -0.276. The van der Waals surface area contributed by atoms with Gasteiger partial charge in [-0.05, 0) is 67.0 Å². The van der Waals surface area contributed by atoms with Crippen molar-refractivity contribution >= 4 is 22.5 Å². The number of benzene rings is 1. The molecule has 172 valence electrons. The SMILES string of the molecule is CC(C(=O)Nc1ccc(C(F)(F)F)nc1)C1[C@H]2CC(Oc3ccnc4ccc(F)cc34)C[C@@H]12. The van der Waals surface area contributed by atoms with Crippen molar-refractivity contribution in [2.45, 2.75) is 32.0 Å². The van der Waals surface area contributed by atoms with Crippen molar-refractivity contribution in [2.24, 2.45) is 23.7 Å². The first-order chi connectivity index (χ1) is 15.7. The Kier molecular flexibility index (Phi) is 5.22. The maximum absolute atomic E-state index is 13.7. The third kappa shape index (κ3) is 4.24. The maximum atomic E-state index is 13.7. The van der Waals surface area contributed by atoms with E-state index in [4.69, 9.17) is 4.74 Å². The number of anilines is 1. The molecule has 2 aliphatic carbocycles. The number of hydrogen-bond donors (Lipinski definition) is 1. The van der Waals surface area contributed by atoms with Crippen LogP contribution in [0.1, 0.15) is 25.5 Å². The minimum atomic E-state index is -4.52. The summed E-state index contributed by atoms with van der Waals surface area (Å²) in [7, 11) is 0. The van der Waals surface area contributed by atoms with Crippen molar-refractivity contribution in [3.05, 3.63) is 60.3 Å². The summed E-state index contributed by atoms with van der Waals surface area (Å²) < 4.78 is 57.7. The highest BCUT2D eigenvalue weighted by Gasteiger charge is 2.59. The Morgan fingerprint density at radius 1 is 1.12 bits per heavy atom. The first kappa shape index (κ1) is 21.6. The second kappa shape index (κ2) is 7.97. The molecule has 33 heavy (non-hydrogen) atoms. The topological polar surface area (TPSA) is 64.1 Å². The largest absolute Gasteiger partial charge is 0.490 e. The van der Waals surface area contributed by atoms with Gasteiger partial charge in [-0.1, -0.05) is 6.92 Å². The lowest BCUT2D eigenvalue weighted by Crippen LogP contribution is -2.25. The standard InChI is InChI=1S/C24H21F4N3O2/c1-12(23(32)31-14-3-5-21(30-11-14)24(26,27)28)22-16-9-15(10-17(16)22)33-20-6-7-29-19-4-2-13(25)8-18(19)20/h2-8,11-12,15-17,22H,9-10H2,1H3,(H,31,32)/t12?,15?,16-,17+,22?. The van der Waals surface area contributed by atoms with E-state index in [2.05, 4.69) is 15.3 Å². The number of nitrogens with one attached hydrogen (secondary N) is 1. The van der Waals surface area contributed by atoms with E-state index in [1.54, 1.807) is 18.3 Å². The fourth-order valence-electron chi connectivity index (χ4n) is 5.12. The monoisotopic (exact) mass is 459 g/mol. The van der Waals surface area contributed by atoms with Crippen LogP contribution in [0.5, 0.6) is 5.75 Å². The van der Waals surface area contributed by atoms with Crippen LogP contribution in [0.3, 0.4) is 0 Å². The van der Waals surface area contributed by atoms with Gasteiger partial charge < -0.3 is 10.1 Å². The van der Waals surface area contributed by atoms with Crippen molar-refractivity contribution in [2.75, 3.05) is 5.32 Å². The molecule has 2 aromatic heterocycles. The lowest BCUT2D eigenvalue weighted by molar-refractivity contribution is -0.141. The van der Waals surface area contributed by atoms with Gasteiger partial charge >= 0.3 is 6.18 Å². The molecule has 2 aliphatic rings. The van der Waals surface area contributed by atoms with Crippen LogP contribution in [0.25, 0.3) is 10.9 Å². The van der Waals surface area contributed by atoms with Gasteiger partial charge in [0.1, 0.15) is 17.3 Å². The van der Waals surface area contributed by atoms with E-state index >= 15 is 0 Å². The van der Waals surface area contributed by atoms with E-state index in [-0.39, 0.29) is 35.4 Å². The summed E-state index contributed by atoms with van der Waals surface area (Å²) in [5, 5.41) is 3.30. The minimum Gasteiger partial charge on any atom is -0.490 e. The predicted molar refractivity (Wildman–Crippen MR) is 113 cm³/mol. The average molecular weight is 459 g/mol. The molecule has 5 rings (SSSR count). The molecule has 0 saturated heterocycles. The number of nitrogens with zero attached hydrogens (tertiary/aromatic N) is 2. The van der Waals surface area contributed by atoms with Crippen molar-refractivity contribution < 1.29 is 27.1 Å². The minimum absolute atomic E-state index is 0.0144. The van der Waals surface area contributed by atoms with E-state index in [0.29, 0.717) is 28.5 Å². The highest BCUT2D eigenvalue weighted by molar-refractivity contribution is 5.92. The van der Waals surface area contributed by atoms with Crippen LogP contribution < -0.4 is 10.1 Å². The van der Waals surface area contributed by atoms with E-state index < -0.39 is 11.9 Å². The van der Waals surface area contributed by atoms with Gasteiger partial charge in [-0.2, -0.15) is 13.2 Å². The fourth-order valence-corrected chi connectivity index (χ4v) is 5.12. The highest BCUT2D eigenvalue weighted by atomic mass is 19.4. The Balaban J connectivity index is 1.17. The number of ether oxygens (including phenoxy) is 1. The molecule has 2 heterocycles. The summed E-state index contributed by atoms with van der Waals surface area (Å²) in [4.78, 5) is 20.2. The normalized spacial score (nSPS) is 24.9. The number of hydrogen-bond acceptors (Lipinski definition) is 4. The number of pyridine rings is 2. The molecule has 2 fully saturated rings. The van der Waals surface area contributed by atoms with Crippen LogP contribution in [-0.2, 0) is 11.0 Å². The first-order valence-corrected chi connectivity index (χ1v) is 10.8. The van der Waals surface area contributed by atoms with E-state index in [1.807, 2.05) is 6.92 Å². The molecule has 5 atom stereocenters. The zero-order valence-corrected chi connectivity index (χ0v) is 17.6. The molecular formula is C24H21F4N3O2. The van der Waals surface area contributed by atoms with E-state index in [0.717, 1.165) is 25.1 Å². The zero-order valence-electron chi connectivity index (χ0n) is 17.6. The van der Waals surface area contributed by atoms with Crippen LogP contribution in [-0.4, -0.2) is 22.0 Å².